The summed E-state index contributed by atoms with van der Waals surface area (Å²) in [5.41, 5.74) is 0. The SMILES string of the molecule is CCCOC(C)C.CCOC(C)C. The molecule has 0 N–H and O–H groups in total. The van der Waals surface area contributed by atoms with Gasteiger partial charge in [-0.1, -0.05) is 6.92 Å². The molecule has 0 aromatic rings. The molecule has 0 rings (SSSR count). The fraction of sp³-hybridized carbons (Fsp3) is 1.00. The van der Waals surface area contributed by atoms with Crippen molar-refractivity contribution in [3.63, 3.8) is 0 Å². The largest absolute Gasteiger partial charge is 0.379 e. The summed E-state index contributed by atoms with van der Waals surface area (Å²) >= 11 is 0. The lowest BCUT2D eigenvalue weighted by atomic mass is 10.4. The van der Waals surface area contributed by atoms with E-state index in [0.717, 1.165) is 19.6 Å². The minimum Gasteiger partial charge on any atom is -0.379 e. The quantitative estimate of drug-likeness (QED) is 0.662. The van der Waals surface area contributed by atoms with Gasteiger partial charge in [-0.2, -0.15) is 0 Å². The van der Waals surface area contributed by atoms with E-state index in [1.807, 2.05) is 20.8 Å². The molecule has 2 heteroatoms. The first-order chi connectivity index (χ1) is 6.04. The minimum atomic E-state index is 0.398. The second-order valence-electron chi connectivity index (χ2n) is 3.42. The Morgan fingerprint density at radius 3 is 1.38 bits per heavy atom. The Hall–Kier alpha value is -0.0800. The lowest BCUT2D eigenvalue weighted by molar-refractivity contribution is 0.0794. The zero-order valence-electron chi connectivity index (χ0n) is 10.1. The third kappa shape index (κ3) is 24.5. The first kappa shape index (κ1) is 15.4. The summed E-state index contributed by atoms with van der Waals surface area (Å²) in [6.07, 6.45) is 1.92. The molecule has 82 valence electrons. The van der Waals surface area contributed by atoms with Crippen molar-refractivity contribution >= 4 is 0 Å². The Kier molecular flexibility index (Phi) is 14.1. The summed E-state index contributed by atoms with van der Waals surface area (Å²) in [6.45, 7) is 14.0. The second-order valence-corrected chi connectivity index (χ2v) is 3.42. The monoisotopic (exact) mass is 190 g/mol. The Morgan fingerprint density at radius 2 is 1.31 bits per heavy atom. The van der Waals surface area contributed by atoms with E-state index < -0.39 is 0 Å². The fourth-order valence-corrected chi connectivity index (χ4v) is 0.687. The molecular weight excluding hydrogens is 164 g/mol. The molecule has 0 aliphatic heterocycles. The molecule has 0 radical (unpaired) electrons. The van der Waals surface area contributed by atoms with E-state index in [1.165, 1.54) is 0 Å². The molecule has 0 aromatic carbocycles. The van der Waals surface area contributed by atoms with Gasteiger partial charge in [0.05, 0.1) is 12.2 Å². The molecule has 0 aromatic heterocycles. The van der Waals surface area contributed by atoms with E-state index in [4.69, 9.17) is 9.47 Å². The molecule has 0 bridgehead atoms. The van der Waals surface area contributed by atoms with Crippen LogP contribution in [0.2, 0.25) is 0 Å². The van der Waals surface area contributed by atoms with E-state index in [2.05, 4.69) is 20.8 Å². The number of ether oxygens (including phenoxy) is 2. The lowest BCUT2D eigenvalue weighted by Crippen LogP contribution is -2.01. The van der Waals surface area contributed by atoms with Crippen molar-refractivity contribution in [2.75, 3.05) is 13.2 Å². The van der Waals surface area contributed by atoms with Crippen LogP contribution >= 0.6 is 0 Å². The van der Waals surface area contributed by atoms with Crippen molar-refractivity contribution in [3.05, 3.63) is 0 Å². The third-order valence-corrected chi connectivity index (χ3v) is 1.16. The van der Waals surface area contributed by atoms with Gasteiger partial charge in [-0.05, 0) is 41.0 Å². The predicted octanol–water partition coefficient (Wildman–Crippen LogP) is 3.25. The van der Waals surface area contributed by atoms with Gasteiger partial charge >= 0.3 is 0 Å². The molecule has 0 saturated carbocycles. The van der Waals surface area contributed by atoms with Crippen molar-refractivity contribution in [1.82, 2.24) is 0 Å². The topological polar surface area (TPSA) is 18.5 Å². The first-order valence-corrected chi connectivity index (χ1v) is 5.27. The maximum atomic E-state index is 5.19. The highest BCUT2D eigenvalue weighted by Gasteiger charge is 1.87. The first-order valence-electron chi connectivity index (χ1n) is 5.27. The molecule has 0 aliphatic rings. The Balaban J connectivity index is 0. The average molecular weight is 190 g/mol. The van der Waals surface area contributed by atoms with Crippen molar-refractivity contribution in [2.45, 2.75) is 60.2 Å². The van der Waals surface area contributed by atoms with Gasteiger partial charge in [-0.15, -0.1) is 0 Å². The van der Waals surface area contributed by atoms with Crippen molar-refractivity contribution in [3.8, 4) is 0 Å². The van der Waals surface area contributed by atoms with Crippen LogP contribution < -0.4 is 0 Å². The van der Waals surface area contributed by atoms with Gasteiger partial charge in [0.15, 0.2) is 0 Å². The van der Waals surface area contributed by atoms with E-state index in [0.29, 0.717) is 12.2 Å². The highest BCUT2D eigenvalue weighted by molar-refractivity contribution is 4.33. The molecule has 2 nitrogen and oxygen atoms in total. The van der Waals surface area contributed by atoms with Gasteiger partial charge in [0, 0.05) is 13.2 Å². The van der Waals surface area contributed by atoms with Gasteiger partial charge in [0.25, 0.3) is 0 Å². The predicted molar refractivity (Wildman–Crippen MR) is 58.1 cm³/mol. The smallest absolute Gasteiger partial charge is 0.0518 e. The summed E-state index contributed by atoms with van der Waals surface area (Å²) in [6, 6.07) is 0. The Labute approximate surface area is 83.6 Å². The number of hydrogen-bond acceptors (Lipinski definition) is 2. The number of hydrogen-bond donors (Lipinski definition) is 0. The normalized spacial score (nSPS) is 10.2. The highest BCUT2D eigenvalue weighted by atomic mass is 16.5. The summed E-state index contributed by atoms with van der Waals surface area (Å²) in [7, 11) is 0. The third-order valence-electron chi connectivity index (χ3n) is 1.16. The lowest BCUT2D eigenvalue weighted by Gasteiger charge is -2.03. The van der Waals surface area contributed by atoms with Crippen LogP contribution in [0.1, 0.15) is 48.0 Å². The van der Waals surface area contributed by atoms with Crippen LogP contribution in [0.25, 0.3) is 0 Å². The van der Waals surface area contributed by atoms with E-state index in [9.17, 15) is 0 Å². The Morgan fingerprint density at radius 1 is 0.846 bits per heavy atom. The Bertz CT molecular complexity index is 80.2. The molecular formula is C11H26O2. The summed E-state index contributed by atoms with van der Waals surface area (Å²) in [4.78, 5) is 0. The van der Waals surface area contributed by atoms with Gasteiger partial charge in [-0.25, -0.2) is 0 Å². The van der Waals surface area contributed by atoms with E-state index in [1.54, 1.807) is 0 Å². The molecule has 0 atom stereocenters. The van der Waals surface area contributed by atoms with Gasteiger partial charge in [0.1, 0.15) is 0 Å². The zero-order valence-corrected chi connectivity index (χ0v) is 10.1. The van der Waals surface area contributed by atoms with Crippen LogP contribution in [0, 0.1) is 0 Å². The fourth-order valence-electron chi connectivity index (χ4n) is 0.687. The van der Waals surface area contributed by atoms with Gasteiger partial charge in [0.2, 0.25) is 0 Å². The molecule has 0 saturated heterocycles. The standard InChI is InChI=1S/C6H14O.C5H12O/c1-4-5-7-6(2)3;1-4-6-5(2)3/h6H,4-5H2,1-3H3;5H,4H2,1-3H3. The van der Waals surface area contributed by atoms with Crippen molar-refractivity contribution in [1.29, 1.82) is 0 Å². The van der Waals surface area contributed by atoms with Gasteiger partial charge < -0.3 is 9.47 Å². The van der Waals surface area contributed by atoms with Crippen LogP contribution in [-0.4, -0.2) is 25.4 Å². The van der Waals surface area contributed by atoms with Crippen LogP contribution in [0.15, 0.2) is 0 Å². The zero-order chi connectivity index (χ0) is 10.7. The molecule has 0 heterocycles. The molecule has 0 aliphatic carbocycles. The highest BCUT2D eigenvalue weighted by Crippen LogP contribution is 1.87. The summed E-state index contributed by atoms with van der Waals surface area (Å²) in [5.74, 6) is 0. The van der Waals surface area contributed by atoms with Crippen molar-refractivity contribution in [2.24, 2.45) is 0 Å². The summed E-state index contributed by atoms with van der Waals surface area (Å²) in [5, 5.41) is 0. The maximum absolute atomic E-state index is 5.19. The maximum Gasteiger partial charge on any atom is 0.0518 e. The molecule has 13 heavy (non-hydrogen) atoms. The average Bonchev–Trinajstić information content (AvgIpc) is 2.01. The van der Waals surface area contributed by atoms with Crippen molar-refractivity contribution < 1.29 is 9.47 Å². The van der Waals surface area contributed by atoms with Crippen LogP contribution in [0.4, 0.5) is 0 Å². The van der Waals surface area contributed by atoms with Crippen LogP contribution in [-0.2, 0) is 9.47 Å². The number of rotatable bonds is 5. The van der Waals surface area contributed by atoms with Gasteiger partial charge in [-0.3, -0.25) is 0 Å². The molecule has 0 fully saturated rings. The van der Waals surface area contributed by atoms with E-state index in [-0.39, 0.29) is 0 Å². The molecule has 0 spiro atoms. The van der Waals surface area contributed by atoms with Crippen LogP contribution in [0.5, 0.6) is 0 Å². The second kappa shape index (κ2) is 11.9. The molecule has 0 unspecified atom stereocenters. The molecule has 0 amide bonds. The summed E-state index contributed by atoms with van der Waals surface area (Å²) < 4.78 is 10.2. The van der Waals surface area contributed by atoms with E-state index >= 15 is 0 Å². The van der Waals surface area contributed by atoms with Crippen LogP contribution in [0.3, 0.4) is 0 Å². The minimum absolute atomic E-state index is 0.398.